The molecule has 2 heterocycles. The number of aromatic carboxylic acids is 1. The molecule has 1 aliphatic rings. The third-order valence-corrected chi connectivity index (χ3v) is 2.93. The van der Waals surface area contributed by atoms with Gasteiger partial charge in [0.1, 0.15) is 17.4 Å². The van der Waals surface area contributed by atoms with Crippen molar-refractivity contribution in [3.63, 3.8) is 0 Å². The molecule has 100 valence electrons. The number of anilines is 1. The largest absolute Gasteiger partial charge is 0.478 e. The first-order valence-electron chi connectivity index (χ1n) is 5.83. The molecule has 1 saturated heterocycles. The first kappa shape index (κ1) is 13.0. The SMILES string of the molecule is CCC1C(=O)NC(=O)CN1c1ncccc1C(=O)O. The molecule has 1 aromatic heterocycles. The number of nitrogens with zero attached hydrogens (tertiary/aromatic N) is 2. The number of carbonyl (C=O) groups excluding carboxylic acids is 2. The van der Waals surface area contributed by atoms with E-state index >= 15 is 0 Å². The van der Waals surface area contributed by atoms with Gasteiger partial charge < -0.3 is 10.0 Å². The van der Waals surface area contributed by atoms with E-state index in [1.807, 2.05) is 0 Å². The van der Waals surface area contributed by atoms with Gasteiger partial charge in [-0.25, -0.2) is 9.78 Å². The van der Waals surface area contributed by atoms with Crippen molar-refractivity contribution >= 4 is 23.6 Å². The number of carboxylic acid groups (broad SMARTS) is 1. The van der Waals surface area contributed by atoms with E-state index in [2.05, 4.69) is 10.3 Å². The number of carbonyl (C=O) groups is 3. The van der Waals surface area contributed by atoms with Gasteiger partial charge in [-0.05, 0) is 18.6 Å². The Kier molecular flexibility index (Phi) is 3.46. The molecule has 19 heavy (non-hydrogen) atoms. The number of pyridine rings is 1. The number of carboxylic acids is 1. The van der Waals surface area contributed by atoms with Gasteiger partial charge in [-0.15, -0.1) is 0 Å². The lowest BCUT2D eigenvalue weighted by Gasteiger charge is -2.34. The summed E-state index contributed by atoms with van der Waals surface area (Å²) in [4.78, 5) is 39.8. The summed E-state index contributed by atoms with van der Waals surface area (Å²) in [6.07, 6.45) is 1.89. The van der Waals surface area contributed by atoms with Gasteiger partial charge in [-0.2, -0.15) is 0 Å². The number of imide groups is 1. The van der Waals surface area contributed by atoms with E-state index in [0.717, 1.165) is 0 Å². The molecule has 1 fully saturated rings. The quantitative estimate of drug-likeness (QED) is 0.746. The zero-order chi connectivity index (χ0) is 14.0. The van der Waals surface area contributed by atoms with E-state index < -0.39 is 23.8 Å². The number of piperazine rings is 1. The zero-order valence-electron chi connectivity index (χ0n) is 10.3. The first-order valence-corrected chi connectivity index (χ1v) is 5.83. The predicted octanol–water partition coefficient (Wildman–Crippen LogP) is 0.0212. The molecule has 0 radical (unpaired) electrons. The van der Waals surface area contributed by atoms with Gasteiger partial charge in [0.25, 0.3) is 0 Å². The summed E-state index contributed by atoms with van der Waals surface area (Å²) in [6.45, 7) is 1.71. The van der Waals surface area contributed by atoms with Crippen LogP contribution in [0.15, 0.2) is 18.3 Å². The Morgan fingerprint density at radius 2 is 2.32 bits per heavy atom. The fourth-order valence-corrected chi connectivity index (χ4v) is 2.09. The van der Waals surface area contributed by atoms with Crippen molar-refractivity contribution < 1.29 is 19.5 Å². The number of aromatic nitrogens is 1. The van der Waals surface area contributed by atoms with Crippen molar-refractivity contribution in [2.45, 2.75) is 19.4 Å². The van der Waals surface area contributed by atoms with Crippen LogP contribution in [0.5, 0.6) is 0 Å². The van der Waals surface area contributed by atoms with E-state index in [1.165, 1.54) is 23.2 Å². The number of amides is 2. The molecule has 1 atom stereocenters. The second kappa shape index (κ2) is 5.05. The molecule has 1 aliphatic heterocycles. The Morgan fingerprint density at radius 1 is 1.58 bits per heavy atom. The molecule has 2 N–H and O–H groups in total. The molecule has 7 nitrogen and oxygen atoms in total. The van der Waals surface area contributed by atoms with E-state index in [4.69, 9.17) is 5.11 Å². The van der Waals surface area contributed by atoms with Crippen LogP contribution in [0.4, 0.5) is 5.82 Å². The molecular formula is C12H13N3O4. The van der Waals surface area contributed by atoms with Gasteiger partial charge >= 0.3 is 5.97 Å². The fraction of sp³-hybridized carbons (Fsp3) is 0.333. The third kappa shape index (κ3) is 2.40. The molecule has 0 bridgehead atoms. The minimum atomic E-state index is -1.14. The summed E-state index contributed by atoms with van der Waals surface area (Å²) in [5, 5.41) is 11.4. The average molecular weight is 263 g/mol. The Hall–Kier alpha value is -2.44. The number of hydrogen-bond acceptors (Lipinski definition) is 5. The van der Waals surface area contributed by atoms with Crippen LogP contribution in [0, 0.1) is 0 Å². The highest BCUT2D eigenvalue weighted by Crippen LogP contribution is 2.22. The highest BCUT2D eigenvalue weighted by molar-refractivity contribution is 6.05. The minimum absolute atomic E-state index is 0.0246. The predicted molar refractivity (Wildman–Crippen MR) is 65.8 cm³/mol. The Labute approximate surface area is 109 Å². The standard InChI is InChI=1S/C12H13N3O4/c1-2-8-11(17)14-9(16)6-15(8)10-7(12(18)19)4-3-5-13-10/h3-5,8H,2,6H2,1H3,(H,18,19)(H,14,16,17). The lowest BCUT2D eigenvalue weighted by Crippen LogP contribution is -2.58. The van der Waals surface area contributed by atoms with Crippen LogP contribution >= 0.6 is 0 Å². The first-order chi connectivity index (χ1) is 9.04. The fourth-order valence-electron chi connectivity index (χ4n) is 2.09. The molecule has 7 heteroatoms. The monoisotopic (exact) mass is 263 g/mol. The molecular weight excluding hydrogens is 250 g/mol. The van der Waals surface area contributed by atoms with Gasteiger partial charge in [0.15, 0.2) is 0 Å². The number of hydrogen-bond donors (Lipinski definition) is 2. The molecule has 0 spiro atoms. The lowest BCUT2D eigenvalue weighted by atomic mass is 10.1. The van der Waals surface area contributed by atoms with Crippen LogP contribution < -0.4 is 10.2 Å². The Bertz CT molecular complexity index is 544. The van der Waals surface area contributed by atoms with Crippen LogP contribution in [0.2, 0.25) is 0 Å². The maximum atomic E-state index is 11.8. The minimum Gasteiger partial charge on any atom is -0.478 e. The lowest BCUT2D eigenvalue weighted by molar-refractivity contribution is -0.133. The van der Waals surface area contributed by atoms with Gasteiger partial charge in [0.05, 0.1) is 6.54 Å². The second-order valence-electron chi connectivity index (χ2n) is 4.14. The van der Waals surface area contributed by atoms with Crippen molar-refractivity contribution in [3.8, 4) is 0 Å². The van der Waals surface area contributed by atoms with E-state index in [0.29, 0.717) is 6.42 Å². The zero-order valence-corrected chi connectivity index (χ0v) is 10.3. The molecule has 0 aliphatic carbocycles. The van der Waals surface area contributed by atoms with Gasteiger partial charge in [0.2, 0.25) is 11.8 Å². The van der Waals surface area contributed by atoms with Gasteiger partial charge in [0, 0.05) is 6.20 Å². The normalized spacial score (nSPS) is 19.2. The summed E-state index contributed by atoms with van der Waals surface area (Å²) < 4.78 is 0. The number of rotatable bonds is 3. The van der Waals surface area contributed by atoms with Crippen molar-refractivity contribution in [1.82, 2.24) is 10.3 Å². The van der Waals surface area contributed by atoms with Gasteiger partial charge in [-0.3, -0.25) is 14.9 Å². The molecule has 0 aromatic carbocycles. The molecule has 2 rings (SSSR count). The Balaban J connectivity index is 2.46. The summed E-state index contributed by atoms with van der Waals surface area (Å²) in [5.41, 5.74) is -0.0246. The van der Waals surface area contributed by atoms with Crippen LogP contribution in [-0.2, 0) is 9.59 Å². The van der Waals surface area contributed by atoms with Crippen LogP contribution in [-0.4, -0.2) is 40.5 Å². The van der Waals surface area contributed by atoms with Crippen LogP contribution in [0.25, 0.3) is 0 Å². The van der Waals surface area contributed by atoms with Gasteiger partial charge in [-0.1, -0.05) is 6.92 Å². The van der Waals surface area contributed by atoms with Crippen molar-refractivity contribution in [1.29, 1.82) is 0 Å². The topological polar surface area (TPSA) is 99.6 Å². The third-order valence-electron chi connectivity index (χ3n) is 2.93. The van der Waals surface area contributed by atoms with E-state index in [9.17, 15) is 14.4 Å². The van der Waals surface area contributed by atoms with Crippen molar-refractivity contribution in [2.75, 3.05) is 11.4 Å². The Morgan fingerprint density at radius 3 is 2.95 bits per heavy atom. The maximum Gasteiger partial charge on any atom is 0.339 e. The van der Waals surface area contributed by atoms with Crippen molar-refractivity contribution in [2.24, 2.45) is 0 Å². The molecule has 1 aromatic rings. The average Bonchev–Trinajstić information content (AvgIpc) is 2.37. The van der Waals surface area contributed by atoms with Crippen LogP contribution in [0.1, 0.15) is 23.7 Å². The smallest absolute Gasteiger partial charge is 0.339 e. The molecule has 2 amide bonds. The summed E-state index contributed by atoms with van der Waals surface area (Å²) in [5.74, 6) is -1.89. The van der Waals surface area contributed by atoms with E-state index in [1.54, 1.807) is 6.92 Å². The summed E-state index contributed by atoms with van der Waals surface area (Å²) >= 11 is 0. The maximum absolute atomic E-state index is 11.8. The molecule has 0 saturated carbocycles. The number of nitrogens with one attached hydrogen (secondary N) is 1. The second-order valence-corrected chi connectivity index (χ2v) is 4.14. The summed E-state index contributed by atoms with van der Waals surface area (Å²) in [6, 6.07) is 2.30. The summed E-state index contributed by atoms with van der Waals surface area (Å²) in [7, 11) is 0. The highest BCUT2D eigenvalue weighted by Gasteiger charge is 2.35. The van der Waals surface area contributed by atoms with Crippen LogP contribution in [0.3, 0.4) is 0 Å². The highest BCUT2D eigenvalue weighted by atomic mass is 16.4. The van der Waals surface area contributed by atoms with Crippen molar-refractivity contribution in [3.05, 3.63) is 23.9 Å². The molecule has 1 unspecified atom stereocenters. The van der Waals surface area contributed by atoms with E-state index in [-0.39, 0.29) is 17.9 Å².